The summed E-state index contributed by atoms with van der Waals surface area (Å²) in [5.41, 5.74) is 1.41. The lowest BCUT2D eigenvalue weighted by Crippen LogP contribution is -2.07. The van der Waals surface area contributed by atoms with E-state index in [1.807, 2.05) is 0 Å². The van der Waals surface area contributed by atoms with E-state index in [0.29, 0.717) is 16.7 Å². The van der Waals surface area contributed by atoms with E-state index >= 15 is 0 Å². The molecule has 1 aromatic carbocycles. The standard InChI is InChI=1S/C14H12FNO2/c1-9-8-10(15)5-6-11(9)13(17)12-4-3-7-16-14(12)18-2/h3-8H,1-2H3. The van der Waals surface area contributed by atoms with Crippen molar-refractivity contribution in [3.05, 3.63) is 59.0 Å². The van der Waals surface area contributed by atoms with Crippen LogP contribution in [-0.4, -0.2) is 17.9 Å². The number of carbonyl (C=O) groups is 1. The van der Waals surface area contributed by atoms with Crippen LogP contribution in [0.3, 0.4) is 0 Å². The summed E-state index contributed by atoms with van der Waals surface area (Å²) in [5, 5.41) is 0. The van der Waals surface area contributed by atoms with Crippen molar-refractivity contribution in [1.82, 2.24) is 4.98 Å². The molecule has 92 valence electrons. The van der Waals surface area contributed by atoms with Crippen LogP contribution in [0.5, 0.6) is 5.88 Å². The molecule has 0 aliphatic heterocycles. The van der Waals surface area contributed by atoms with Crippen molar-refractivity contribution in [2.75, 3.05) is 7.11 Å². The number of halogens is 1. The second-order valence-electron chi connectivity index (χ2n) is 3.85. The van der Waals surface area contributed by atoms with Crippen LogP contribution in [0.4, 0.5) is 4.39 Å². The third kappa shape index (κ3) is 2.22. The molecule has 4 heteroatoms. The van der Waals surface area contributed by atoms with E-state index in [4.69, 9.17) is 4.74 Å². The predicted octanol–water partition coefficient (Wildman–Crippen LogP) is 2.77. The summed E-state index contributed by atoms with van der Waals surface area (Å²) in [6, 6.07) is 7.37. The zero-order chi connectivity index (χ0) is 13.1. The minimum absolute atomic E-state index is 0.225. The molecule has 0 radical (unpaired) electrons. The van der Waals surface area contributed by atoms with Crippen LogP contribution in [0.25, 0.3) is 0 Å². The summed E-state index contributed by atoms with van der Waals surface area (Å²) in [6.07, 6.45) is 1.55. The van der Waals surface area contributed by atoms with Gasteiger partial charge in [0.05, 0.1) is 12.7 Å². The summed E-state index contributed by atoms with van der Waals surface area (Å²) >= 11 is 0. The molecule has 0 N–H and O–H groups in total. The number of benzene rings is 1. The van der Waals surface area contributed by atoms with Crippen LogP contribution < -0.4 is 4.74 Å². The molecule has 0 unspecified atom stereocenters. The van der Waals surface area contributed by atoms with E-state index < -0.39 is 0 Å². The third-order valence-corrected chi connectivity index (χ3v) is 2.64. The largest absolute Gasteiger partial charge is 0.480 e. The maximum absolute atomic E-state index is 13.0. The van der Waals surface area contributed by atoms with Gasteiger partial charge >= 0.3 is 0 Å². The molecule has 0 aliphatic rings. The maximum atomic E-state index is 13.0. The first-order chi connectivity index (χ1) is 8.63. The first-order valence-corrected chi connectivity index (χ1v) is 5.43. The Labute approximate surface area is 104 Å². The average Bonchev–Trinajstić information content (AvgIpc) is 2.38. The summed E-state index contributed by atoms with van der Waals surface area (Å²) < 4.78 is 18.1. The van der Waals surface area contributed by atoms with Gasteiger partial charge in [-0.05, 0) is 42.8 Å². The number of ketones is 1. The molecule has 0 fully saturated rings. The number of ether oxygens (including phenoxy) is 1. The first-order valence-electron chi connectivity index (χ1n) is 5.43. The lowest BCUT2D eigenvalue weighted by molar-refractivity contribution is 0.103. The zero-order valence-electron chi connectivity index (χ0n) is 10.1. The second-order valence-corrected chi connectivity index (χ2v) is 3.85. The highest BCUT2D eigenvalue weighted by Gasteiger charge is 2.16. The van der Waals surface area contributed by atoms with Gasteiger partial charge in [0.15, 0.2) is 5.78 Å². The molecular weight excluding hydrogens is 233 g/mol. The Hall–Kier alpha value is -2.23. The second kappa shape index (κ2) is 4.96. The normalized spacial score (nSPS) is 10.2. The fourth-order valence-corrected chi connectivity index (χ4v) is 1.75. The van der Waals surface area contributed by atoms with E-state index in [2.05, 4.69) is 4.98 Å². The summed E-state index contributed by atoms with van der Waals surface area (Å²) in [5.74, 6) is -0.314. The van der Waals surface area contributed by atoms with Crippen LogP contribution in [0, 0.1) is 12.7 Å². The Morgan fingerprint density at radius 2 is 2.06 bits per heavy atom. The van der Waals surface area contributed by atoms with Gasteiger partial charge in [0.25, 0.3) is 0 Å². The zero-order valence-corrected chi connectivity index (χ0v) is 10.1. The molecular formula is C14H12FNO2. The van der Waals surface area contributed by atoms with Crippen LogP contribution in [0.1, 0.15) is 21.5 Å². The number of hydrogen-bond acceptors (Lipinski definition) is 3. The topological polar surface area (TPSA) is 39.2 Å². The Morgan fingerprint density at radius 1 is 1.28 bits per heavy atom. The minimum Gasteiger partial charge on any atom is -0.480 e. The molecule has 1 heterocycles. The molecule has 0 saturated carbocycles. The predicted molar refractivity (Wildman–Crippen MR) is 65.4 cm³/mol. The smallest absolute Gasteiger partial charge is 0.224 e. The first kappa shape index (κ1) is 12.2. The molecule has 0 saturated heterocycles. The number of carbonyl (C=O) groups excluding carboxylic acids is 1. The lowest BCUT2D eigenvalue weighted by Gasteiger charge is -2.08. The van der Waals surface area contributed by atoms with Gasteiger partial charge in [0.1, 0.15) is 5.82 Å². The number of hydrogen-bond donors (Lipinski definition) is 0. The van der Waals surface area contributed by atoms with Crippen LogP contribution in [-0.2, 0) is 0 Å². The fraction of sp³-hybridized carbons (Fsp3) is 0.143. The molecule has 18 heavy (non-hydrogen) atoms. The molecule has 3 nitrogen and oxygen atoms in total. The van der Waals surface area contributed by atoms with E-state index in [0.717, 1.165) is 0 Å². The molecule has 1 aromatic heterocycles. The molecule has 0 bridgehead atoms. The van der Waals surface area contributed by atoms with Crippen LogP contribution >= 0.6 is 0 Å². The van der Waals surface area contributed by atoms with Crippen molar-refractivity contribution < 1.29 is 13.9 Å². The van der Waals surface area contributed by atoms with Gasteiger partial charge in [-0.3, -0.25) is 4.79 Å². The number of aryl methyl sites for hydroxylation is 1. The average molecular weight is 245 g/mol. The number of nitrogens with zero attached hydrogens (tertiary/aromatic N) is 1. The molecule has 0 atom stereocenters. The Kier molecular flexibility index (Phi) is 3.37. The summed E-state index contributed by atoms with van der Waals surface area (Å²) in [7, 11) is 1.45. The van der Waals surface area contributed by atoms with Crippen molar-refractivity contribution in [1.29, 1.82) is 0 Å². The highest BCUT2D eigenvalue weighted by molar-refractivity contribution is 6.11. The van der Waals surface area contributed by atoms with Gasteiger partial charge in [-0.1, -0.05) is 0 Å². The third-order valence-electron chi connectivity index (χ3n) is 2.64. The van der Waals surface area contributed by atoms with Crippen molar-refractivity contribution in [3.63, 3.8) is 0 Å². The Bertz CT molecular complexity index is 596. The molecule has 0 aliphatic carbocycles. The number of pyridine rings is 1. The van der Waals surface area contributed by atoms with E-state index in [1.54, 1.807) is 25.3 Å². The SMILES string of the molecule is COc1ncccc1C(=O)c1ccc(F)cc1C. The fourth-order valence-electron chi connectivity index (χ4n) is 1.75. The van der Waals surface area contributed by atoms with Crippen molar-refractivity contribution in [2.45, 2.75) is 6.92 Å². The lowest BCUT2D eigenvalue weighted by atomic mass is 10.00. The molecule has 2 rings (SSSR count). The quantitative estimate of drug-likeness (QED) is 0.780. The molecule has 2 aromatic rings. The van der Waals surface area contributed by atoms with E-state index in [9.17, 15) is 9.18 Å². The monoisotopic (exact) mass is 245 g/mol. The van der Waals surface area contributed by atoms with Gasteiger partial charge in [-0.2, -0.15) is 0 Å². The molecule has 0 spiro atoms. The maximum Gasteiger partial charge on any atom is 0.224 e. The van der Waals surface area contributed by atoms with Gasteiger partial charge in [0.2, 0.25) is 5.88 Å². The highest BCUT2D eigenvalue weighted by Crippen LogP contribution is 2.20. The van der Waals surface area contributed by atoms with Crippen molar-refractivity contribution >= 4 is 5.78 Å². The molecule has 0 amide bonds. The number of rotatable bonds is 3. The van der Waals surface area contributed by atoms with Crippen LogP contribution in [0.2, 0.25) is 0 Å². The van der Waals surface area contributed by atoms with Gasteiger partial charge < -0.3 is 4.74 Å². The van der Waals surface area contributed by atoms with Crippen LogP contribution in [0.15, 0.2) is 36.5 Å². The van der Waals surface area contributed by atoms with Gasteiger partial charge in [0, 0.05) is 11.8 Å². The Morgan fingerprint density at radius 3 is 2.72 bits per heavy atom. The van der Waals surface area contributed by atoms with Crippen molar-refractivity contribution in [2.24, 2.45) is 0 Å². The number of methoxy groups -OCH3 is 1. The summed E-state index contributed by atoms with van der Waals surface area (Å²) in [6.45, 7) is 1.69. The number of aromatic nitrogens is 1. The van der Waals surface area contributed by atoms with Gasteiger partial charge in [-0.25, -0.2) is 9.37 Å². The van der Waals surface area contributed by atoms with Gasteiger partial charge in [-0.15, -0.1) is 0 Å². The van der Waals surface area contributed by atoms with E-state index in [1.165, 1.54) is 25.3 Å². The van der Waals surface area contributed by atoms with E-state index in [-0.39, 0.29) is 17.5 Å². The van der Waals surface area contributed by atoms with Crippen molar-refractivity contribution in [3.8, 4) is 5.88 Å². The minimum atomic E-state index is -0.359. The summed E-state index contributed by atoms with van der Waals surface area (Å²) in [4.78, 5) is 16.3. The Balaban J connectivity index is 2.48. The highest BCUT2D eigenvalue weighted by atomic mass is 19.1.